The van der Waals surface area contributed by atoms with Crippen LogP contribution in [0.1, 0.15) is 12.5 Å². The Kier molecular flexibility index (Phi) is 3.97. The minimum Gasteiger partial charge on any atom is -0.336 e. The molecule has 8 heteroatoms. The summed E-state index contributed by atoms with van der Waals surface area (Å²) in [6.45, 7) is 2.49. The van der Waals surface area contributed by atoms with Crippen molar-refractivity contribution in [2.45, 2.75) is 18.5 Å². The highest BCUT2D eigenvalue weighted by atomic mass is 35.5. The molecular formula is C12H11ClN4O2S. The van der Waals surface area contributed by atoms with Crippen LogP contribution >= 0.6 is 11.6 Å². The summed E-state index contributed by atoms with van der Waals surface area (Å²) in [5, 5.41) is 9.20. The van der Waals surface area contributed by atoms with Crippen LogP contribution in [0.15, 0.2) is 35.7 Å². The van der Waals surface area contributed by atoms with Gasteiger partial charge in [-0.1, -0.05) is 11.6 Å². The van der Waals surface area contributed by atoms with E-state index in [0.29, 0.717) is 11.6 Å². The molecule has 0 amide bonds. The number of aromatic nitrogens is 2. The van der Waals surface area contributed by atoms with Crippen molar-refractivity contribution in [3.05, 3.63) is 41.3 Å². The van der Waals surface area contributed by atoms with Crippen molar-refractivity contribution in [2.75, 3.05) is 4.72 Å². The maximum Gasteiger partial charge on any atom is 0.280 e. The van der Waals surface area contributed by atoms with Gasteiger partial charge in [-0.2, -0.15) is 13.7 Å². The van der Waals surface area contributed by atoms with E-state index in [1.807, 2.05) is 13.0 Å². The van der Waals surface area contributed by atoms with E-state index >= 15 is 0 Å². The Morgan fingerprint density at radius 3 is 2.85 bits per heavy atom. The van der Waals surface area contributed by atoms with Crippen molar-refractivity contribution in [1.29, 1.82) is 5.26 Å². The molecule has 0 bridgehead atoms. The van der Waals surface area contributed by atoms with Crippen LogP contribution in [0.3, 0.4) is 0 Å². The van der Waals surface area contributed by atoms with Gasteiger partial charge in [-0.05, 0) is 25.1 Å². The summed E-state index contributed by atoms with van der Waals surface area (Å²) in [6, 6.07) is 6.25. The Morgan fingerprint density at radius 2 is 2.25 bits per heavy atom. The third-order valence-electron chi connectivity index (χ3n) is 2.60. The number of hydrogen-bond donors (Lipinski definition) is 1. The highest BCUT2D eigenvalue weighted by Crippen LogP contribution is 2.23. The minimum atomic E-state index is -3.84. The van der Waals surface area contributed by atoms with Crippen LogP contribution in [0.5, 0.6) is 0 Å². The second kappa shape index (κ2) is 5.53. The van der Waals surface area contributed by atoms with Gasteiger partial charge >= 0.3 is 0 Å². The van der Waals surface area contributed by atoms with E-state index < -0.39 is 10.0 Å². The van der Waals surface area contributed by atoms with E-state index in [4.69, 9.17) is 16.9 Å². The van der Waals surface area contributed by atoms with E-state index in [1.165, 1.54) is 30.7 Å². The third kappa shape index (κ3) is 2.92. The van der Waals surface area contributed by atoms with Crippen LogP contribution < -0.4 is 4.72 Å². The standard InChI is InChI=1S/C12H11ClN4O2S/c1-2-17-7-12(15-8-17)20(18,19)16-11-5-10(13)4-3-9(11)6-14/h3-5,7-8,16H,2H2,1H3. The third-order valence-corrected chi connectivity index (χ3v) is 4.08. The first-order valence-corrected chi connectivity index (χ1v) is 7.56. The number of benzene rings is 1. The molecule has 0 spiro atoms. The lowest BCUT2D eigenvalue weighted by Gasteiger charge is -2.07. The SMILES string of the molecule is CCn1cnc(S(=O)(=O)Nc2cc(Cl)ccc2C#N)c1. The Labute approximate surface area is 121 Å². The van der Waals surface area contributed by atoms with Gasteiger partial charge in [-0.15, -0.1) is 0 Å². The van der Waals surface area contributed by atoms with Gasteiger partial charge in [-0.3, -0.25) is 4.72 Å². The summed E-state index contributed by atoms with van der Waals surface area (Å²) >= 11 is 5.81. The van der Waals surface area contributed by atoms with E-state index in [-0.39, 0.29) is 16.3 Å². The van der Waals surface area contributed by atoms with Gasteiger partial charge in [0, 0.05) is 17.8 Å². The van der Waals surface area contributed by atoms with Crippen LogP contribution in [0.25, 0.3) is 0 Å². The number of halogens is 1. The monoisotopic (exact) mass is 310 g/mol. The summed E-state index contributed by atoms with van der Waals surface area (Å²) in [6.07, 6.45) is 2.84. The molecule has 0 aliphatic heterocycles. The van der Waals surface area contributed by atoms with Crippen LogP contribution in [0.2, 0.25) is 5.02 Å². The number of nitrogens with zero attached hydrogens (tertiary/aromatic N) is 3. The lowest BCUT2D eigenvalue weighted by atomic mass is 10.2. The van der Waals surface area contributed by atoms with E-state index in [2.05, 4.69) is 9.71 Å². The fourth-order valence-electron chi connectivity index (χ4n) is 1.55. The fraction of sp³-hybridized carbons (Fsp3) is 0.167. The van der Waals surface area contributed by atoms with Crippen molar-refractivity contribution in [2.24, 2.45) is 0 Å². The first kappa shape index (κ1) is 14.4. The molecule has 0 radical (unpaired) electrons. The molecule has 0 unspecified atom stereocenters. The molecule has 2 rings (SSSR count). The Hall–Kier alpha value is -2.04. The zero-order valence-electron chi connectivity index (χ0n) is 10.5. The average molecular weight is 311 g/mol. The quantitative estimate of drug-likeness (QED) is 0.938. The van der Waals surface area contributed by atoms with Crippen molar-refractivity contribution in [3.63, 3.8) is 0 Å². The minimum absolute atomic E-state index is 0.108. The second-order valence-corrected chi connectivity index (χ2v) is 6.02. The van der Waals surface area contributed by atoms with Gasteiger partial charge in [-0.25, -0.2) is 4.98 Å². The average Bonchev–Trinajstić information content (AvgIpc) is 2.88. The number of anilines is 1. The van der Waals surface area contributed by atoms with Gasteiger partial charge in [0.25, 0.3) is 10.0 Å². The number of nitrogens with one attached hydrogen (secondary N) is 1. The van der Waals surface area contributed by atoms with Crippen LogP contribution in [0, 0.1) is 11.3 Å². The molecule has 0 aliphatic rings. The highest BCUT2D eigenvalue weighted by Gasteiger charge is 2.19. The smallest absolute Gasteiger partial charge is 0.280 e. The van der Waals surface area contributed by atoms with E-state index in [9.17, 15) is 8.42 Å². The Morgan fingerprint density at radius 1 is 1.50 bits per heavy atom. The Bertz CT molecular complexity index is 777. The molecule has 6 nitrogen and oxygen atoms in total. The number of nitriles is 1. The molecule has 1 aromatic heterocycles. The molecule has 2 aromatic rings. The van der Waals surface area contributed by atoms with Crippen LogP contribution in [-0.4, -0.2) is 18.0 Å². The summed E-state index contributed by atoms with van der Waals surface area (Å²) in [4.78, 5) is 3.83. The zero-order valence-corrected chi connectivity index (χ0v) is 12.1. The molecule has 0 aliphatic carbocycles. The number of sulfonamides is 1. The van der Waals surface area contributed by atoms with E-state index in [1.54, 1.807) is 4.57 Å². The zero-order chi connectivity index (χ0) is 14.8. The lowest BCUT2D eigenvalue weighted by Crippen LogP contribution is -2.14. The molecule has 1 N–H and O–H groups in total. The molecule has 0 atom stereocenters. The predicted molar refractivity (Wildman–Crippen MR) is 74.9 cm³/mol. The second-order valence-electron chi connectivity index (χ2n) is 3.95. The molecule has 0 saturated carbocycles. The van der Waals surface area contributed by atoms with E-state index in [0.717, 1.165) is 0 Å². The van der Waals surface area contributed by atoms with Crippen molar-refractivity contribution in [3.8, 4) is 6.07 Å². The predicted octanol–water partition coefficient (Wildman–Crippen LogP) is 2.23. The molecule has 1 aromatic carbocycles. The normalized spacial score (nSPS) is 11.1. The largest absolute Gasteiger partial charge is 0.336 e. The first-order chi connectivity index (χ1) is 9.46. The van der Waals surface area contributed by atoms with Gasteiger partial charge in [0.15, 0.2) is 5.03 Å². The number of hydrogen-bond acceptors (Lipinski definition) is 4. The van der Waals surface area contributed by atoms with Gasteiger partial charge < -0.3 is 4.57 Å². The molecule has 1 heterocycles. The van der Waals surface area contributed by atoms with Crippen molar-refractivity contribution in [1.82, 2.24) is 9.55 Å². The molecule has 104 valence electrons. The molecule has 0 saturated heterocycles. The topological polar surface area (TPSA) is 87.8 Å². The maximum atomic E-state index is 12.2. The number of rotatable bonds is 4. The number of imidazole rings is 1. The molecule has 20 heavy (non-hydrogen) atoms. The van der Waals surface area contributed by atoms with Crippen LogP contribution in [0.4, 0.5) is 5.69 Å². The maximum absolute atomic E-state index is 12.2. The van der Waals surface area contributed by atoms with Crippen LogP contribution in [-0.2, 0) is 16.6 Å². The lowest BCUT2D eigenvalue weighted by molar-refractivity contribution is 0.598. The van der Waals surface area contributed by atoms with Gasteiger partial charge in [0.1, 0.15) is 6.07 Å². The molecule has 0 fully saturated rings. The summed E-state index contributed by atoms with van der Waals surface area (Å²) in [5.74, 6) is 0. The Balaban J connectivity index is 2.38. The summed E-state index contributed by atoms with van der Waals surface area (Å²) in [5.41, 5.74) is 0.318. The number of aryl methyl sites for hydroxylation is 1. The fourth-order valence-corrected chi connectivity index (χ4v) is 2.74. The van der Waals surface area contributed by atoms with Crippen molar-refractivity contribution >= 4 is 27.3 Å². The van der Waals surface area contributed by atoms with Gasteiger partial charge in [0.2, 0.25) is 0 Å². The molecular weight excluding hydrogens is 300 g/mol. The summed E-state index contributed by atoms with van der Waals surface area (Å²) < 4.78 is 28.3. The van der Waals surface area contributed by atoms with Crippen molar-refractivity contribution < 1.29 is 8.42 Å². The highest BCUT2D eigenvalue weighted by molar-refractivity contribution is 7.92. The summed E-state index contributed by atoms with van der Waals surface area (Å²) in [7, 11) is -3.84. The first-order valence-electron chi connectivity index (χ1n) is 5.70. The van der Waals surface area contributed by atoms with Gasteiger partial charge in [0.05, 0.1) is 17.6 Å².